The Labute approximate surface area is 127 Å². The fourth-order valence-corrected chi connectivity index (χ4v) is 2.96. The number of methoxy groups -OCH3 is 1. The second kappa shape index (κ2) is 8.14. The molecule has 118 valence electrons. The van der Waals surface area contributed by atoms with Crippen LogP contribution in [0.2, 0.25) is 0 Å². The van der Waals surface area contributed by atoms with Gasteiger partial charge in [-0.05, 0) is 25.8 Å². The van der Waals surface area contributed by atoms with Crippen molar-refractivity contribution >= 4 is 5.82 Å². The smallest absolute Gasteiger partial charge is 0.233 e. The van der Waals surface area contributed by atoms with E-state index < -0.39 is 0 Å². The van der Waals surface area contributed by atoms with Crippen LogP contribution in [-0.2, 0) is 0 Å². The van der Waals surface area contributed by atoms with E-state index in [4.69, 9.17) is 10.5 Å². The van der Waals surface area contributed by atoms with Gasteiger partial charge >= 0.3 is 0 Å². The predicted octanol–water partition coefficient (Wildman–Crippen LogP) is 1.12. The maximum Gasteiger partial charge on any atom is 0.233 e. The third-order valence-electron chi connectivity index (χ3n) is 4.15. The molecule has 6 nitrogen and oxygen atoms in total. The average molecular weight is 293 g/mol. The van der Waals surface area contributed by atoms with Crippen LogP contribution in [-0.4, -0.2) is 60.7 Å². The summed E-state index contributed by atoms with van der Waals surface area (Å²) in [4.78, 5) is 13.6. The van der Waals surface area contributed by atoms with Gasteiger partial charge in [-0.15, -0.1) is 0 Å². The first-order valence-corrected chi connectivity index (χ1v) is 7.83. The topological polar surface area (TPSA) is 67.5 Å². The second-order valence-electron chi connectivity index (χ2n) is 5.44. The number of hydrogen-bond acceptors (Lipinski definition) is 6. The standard InChI is InChI=1S/C15H27N5O/c1-3-13(5-6-16)19-7-4-8-20(10-9-19)14-11-17-12-15(18-14)21-2/h11-13H,3-10,16H2,1-2H3. The molecule has 0 amide bonds. The van der Waals surface area contributed by atoms with E-state index in [0.29, 0.717) is 11.9 Å². The third-order valence-corrected chi connectivity index (χ3v) is 4.15. The molecule has 0 saturated carbocycles. The van der Waals surface area contributed by atoms with E-state index in [1.807, 2.05) is 6.20 Å². The Morgan fingerprint density at radius 1 is 1.29 bits per heavy atom. The lowest BCUT2D eigenvalue weighted by Crippen LogP contribution is -2.39. The molecule has 1 aliphatic rings. The summed E-state index contributed by atoms with van der Waals surface area (Å²) < 4.78 is 5.16. The molecule has 2 N–H and O–H groups in total. The number of anilines is 1. The molecule has 6 heteroatoms. The summed E-state index contributed by atoms with van der Waals surface area (Å²) in [5.41, 5.74) is 5.73. The molecule has 0 bridgehead atoms. The minimum Gasteiger partial charge on any atom is -0.480 e. The van der Waals surface area contributed by atoms with Crippen molar-refractivity contribution in [3.05, 3.63) is 12.4 Å². The third kappa shape index (κ3) is 4.28. The molecule has 1 aromatic heterocycles. The van der Waals surface area contributed by atoms with Gasteiger partial charge in [-0.2, -0.15) is 4.98 Å². The normalized spacial score (nSPS) is 18.3. The molecule has 1 atom stereocenters. The molecule has 21 heavy (non-hydrogen) atoms. The van der Waals surface area contributed by atoms with Crippen molar-refractivity contribution in [3.63, 3.8) is 0 Å². The molecule has 1 saturated heterocycles. The molecule has 1 unspecified atom stereocenters. The number of nitrogens with zero attached hydrogens (tertiary/aromatic N) is 4. The molecule has 0 radical (unpaired) electrons. The van der Waals surface area contributed by atoms with Gasteiger partial charge in [0.15, 0.2) is 5.82 Å². The van der Waals surface area contributed by atoms with Crippen LogP contribution < -0.4 is 15.4 Å². The van der Waals surface area contributed by atoms with Crippen molar-refractivity contribution in [2.45, 2.75) is 32.2 Å². The highest BCUT2D eigenvalue weighted by Crippen LogP contribution is 2.18. The summed E-state index contributed by atoms with van der Waals surface area (Å²) in [6.07, 6.45) is 6.84. The molecule has 2 rings (SSSR count). The Morgan fingerprint density at radius 3 is 2.86 bits per heavy atom. The molecule has 0 aromatic carbocycles. The molecule has 0 spiro atoms. The lowest BCUT2D eigenvalue weighted by molar-refractivity contribution is 0.196. The summed E-state index contributed by atoms with van der Waals surface area (Å²) in [7, 11) is 1.62. The number of rotatable bonds is 6. The van der Waals surface area contributed by atoms with Crippen LogP contribution in [0, 0.1) is 0 Å². The Bertz CT molecular complexity index is 428. The van der Waals surface area contributed by atoms with Crippen LogP contribution in [0.5, 0.6) is 5.88 Å². The Balaban J connectivity index is 1.99. The van der Waals surface area contributed by atoms with Gasteiger partial charge in [0.05, 0.1) is 19.5 Å². The van der Waals surface area contributed by atoms with E-state index in [1.54, 1.807) is 13.3 Å². The van der Waals surface area contributed by atoms with Crippen LogP contribution in [0.1, 0.15) is 26.2 Å². The van der Waals surface area contributed by atoms with Crippen molar-refractivity contribution in [2.24, 2.45) is 5.73 Å². The van der Waals surface area contributed by atoms with Crippen molar-refractivity contribution in [1.29, 1.82) is 0 Å². The molecular weight excluding hydrogens is 266 g/mol. The van der Waals surface area contributed by atoms with Crippen LogP contribution in [0.4, 0.5) is 5.82 Å². The minimum atomic E-state index is 0.572. The molecule has 1 aromatic rings. The quantitative estimate of drug-likeness (QED) is 0.848. The maximum absolute atomic E-state index is 5.73. The zero-order valence-electron chi connectivity index (χ0n) is 13.2. The van der Waals surface area contributed by atoms with Gasteiger partial charge in [0.2, 0.25) is 5.88 Å². The zero-order chi connectivity index (χ0) is 15.1. The van der Waals surface area contributed by atoms with E-state index >= 15 is 0 Å². The summed E-state index contributed by atoms with van der Waals surface area (Å²) in [6, 6.07) is 0.603. The van der Waals surface area contributed by atoms with Crippen LogP contribution in [0.15, 0.2) is 12.4 Å². The summed E-state index contributed by atoms with van der Waals surface area (Å²) in [5, 5.41) is 0. The van der Waals surface area contributed by atoms with Gasteiger partial charge in [0, 0.05) is 32.2 Å². The molecule has 1 aliphatic heterocycles. The van der Waals surface area contributed by atoms with E-state index in [2.05, 4.69) is 26.7 Å². The van der Waals surface area contributed by atoms with Gasteiger partial charge in [-0.25, -0.2) is 0 Å². The predicted molar refractivity (Wildman–Crippen MR) is 84.7 cm³/mol. The van der Waals surface area contributed by atoms with Crippen LogP contribution in [0.3, 0.4) is 0 Å². The van der Waals surface area contributed by atoms with Crippen molar-refractivity contribution in [1.82, 2.24) is 14.9 Å². The van der Waals surface area contributed by atoms with Gasteiger partial charge in [0.25, 0.3) is 0 Å². The Morgan fingerprint density at radius 2 is 2.14 bits per heavy atom. The fraction of sp³-hybridized carbons (Fsp3) is 0.733. The molecule has 0 aliphatic carbocycles. The molecule has 2 heterocycles. The number of nitrogens with two attached hydrogens (primary N) is 1. The van der Waals surface area contributed by atoms with E-state index in [9.17, 15) is 0 Å². The highest BCUT2D eigenvalue weighted by atomic mass is 16.5. The lowest BCUT2D eigenvalue weighted by atomic mass is 10.1. The Kier molecular flexibility index (Phi) is 6.20. The van der Waals surface area contributed by atoms with Crippen molar-refractivity contribution in [3.8, 4) is 5.88 Å². The van der Waals surface area contributed by atoms with E-state index in [-0.39, 0.29) is 0 Å². The monoisotopic (exact) mass is 293 g/mol. The SMILES string of the molecule is CCC(CCN)N1CCCN(c2cncc(OC)n2)CC1. The first kappa shape index (κ1) is 16.0. The summed E-state index contributed by atoms with van der Waals surface area (Å²) in [6.45, 7) is 7.18. The van der Waals surface area contributed by atoms with Gasteiger partial charge < -0.3 is 15.4 Å². The number of aromatic nitrogens is 2. The zero-order valence-corrected chi connectivity index (χ0v) is 13.2. The highest BCUT2D eigenvalue weighted by Gasteiger charge is 2.21. The lowest BCUT2D eigenvalue weighted by Gasteiger charge is -2.29. The summed E-state index contributed by atoms with van der Waals surface area (Å²) in [5.74, 6) is 1.48. The number of ether oxygens (including phenoxy) is 1. The maximum atomic E-state index is 5.73. The van der Waals surface area contributed by atoms with E-state index in [0.717, 1.165) is 57.8 Å². The second-order valence-corrected chi connectivity index (χ2v) is 5.44. The Hall–Kier alpha value is -1.40. The van der Waals surface area contributed by atoms with Crippen LogP contribution >= 0.6 is 0 Å². The van der Waals surface area contributed by atoms with Gasteiger partial charge in [0.1, 0.15) is 0 Å². The van der Waals surface area contributed by atoms with Gasteiger partial charge in [-0.3, -0.25) is 9.88 Å². The highest BCUT2D eigenvalue weighted by molar-refractivity contribution is 5.37. The largest absolute Gasteiger partial charge is 0.480 e. The number of hydrogen-bond donors (Lipinski definition) is 1. The van der Waals surface area contributed by atoms with Gasteiger partial charge in [-0.1, -0.05) is 6.92 Å². The van der Waals surface area contributed by atoms with Crippen LogP contribution in [0.25, 0.3) is 0 Å². The molecule has 1 fully saturated rings. The van der Waals surface area contributed by atoms with Crippen molar-refractivity contribution < 1.29 is 4.74 Å². The van der Waals surface area contributed by atoms with E-state index in [1.165, 1.54) is 0 Å². The van der Waals surface area contributed by atoms with Crippen molar-refractivity contribution in [2.75, 3.05) is 44.7 Å². The minimum absolute atomic E-state index is 0.572. The first-order valence-electron chi connectivity index (χ1n) is 7.83. The summed E-state index contributed by atoms with van der Waals surface area (Å²) >= 11 is 0. The first-order chi connectivity index (χ1) is 10.3. The molecular formula is C15H27N5O. The average Bonchev–Trinajstić information content (AvgIpc) is 2.78. The fourth-order valence-electron chi connectivity index (χ4n) is 2.96.